The van der Waals surface area contributed by atoms with Crippen LogP contribution in [0.15, 0.2) is 48.5 Å². The standard InChI is InChI=1S/C23H28O4/c1-2-3-4-5-6-7-8-11-18-14-16-19(17-15-18)27-23(26)21-13-10-9-12-20(21)22(24)25/h9-10,12-17H,2-8,11H2,1H3,(H,24,25). The largest absolute Gasteiger partial charge is 0.478 e. The number of carboxylic acids is 1. The Morgan fingerprint density at radius 2 is 1.41 bits per heavy atom. The lowest BCUT2D eigenvalue weighted by atomic mass is 10.0. The summed E-state index contributed by atoms with van der Waals surface area (Å²) in [7, 11) is 0. The predicted molar refractivity (Wildman–Crippen MR) is 106 cm³/mol. The summed E-state index contributed by atoms with van der Waals surface area (Å²) in [5, 5.41) is 9.17. The molecule has 144 valence electrons. The number of carboxylic acid groups (broad SMARTS) is 1. The van der Waals surface area contributed by atoms with E-state index in [0.29, 0.717) is 5.75 Å². The van der Waals surface area contributed by atoms with Crippen LogP contribution in [0.3, 0.4) is 0 Å². The van der Waals surface area contributed by atoms with Crippen LogP contribution in [0, 0.1) is 0 Å². The monoisotopic (exact) mass is 368 g/mol. The number of hydrogen-bond donors (Lipinski definition) is 1. The predicted octanol–water partition coefficient (Wildman–Crippen LogP) is 5.90. The second kappa shape index (κ2) is 11.2. The van der Waals surface area contributed by atoms with E-state index < -0.39 is 11.9 Å². The Hall–Kier alpha value is -2.62. The third kappa shape index (κ3) is 6.89. The van der Waals surface area contributed by atoms with Gasteiger partial charge in [0.05, 0.1) is 11.1 Å². The molecule has 2 aromatic carbocycles. The molecule has 27 heavy (non-hydrogen) atoms. The zero-order valence-electron chi connectivity index (χ0n) is 15.9. The molecule has 0 bridgehead atoms. The molecule has 2 rings (SSSR count). The van der Waals surface area contributed by atoms with Gasteiger partial charge in [0.1, 0.15) is 5.75 Å². The molecule has 0 heterocycles. The molecule has 0 aliphatic carbocycles. The number of rotatable bonds is 11. The molecule has 1 N–H and O–H groups in total. The summed E-state index contributed by atoms with van der Waals surface area (Å²) in [6, 6.07) is 13.5. The van der Waals surface area contributed by atoms with Crippen LogP contribution in [0.25, 0.3) is 0 Å². The molecule has 0 spiro atoms. The van der Waals surface area contributed by atoms with Crippen molar-refractivity contribution in [2.75, 3.05) is 0 Å². The minimum Gasteiger partial charge on any atom is -0.478 e. The molecular formula is C23H28O4. The number of aryl methyl sites for hydroxylation is 1. The normalized spacial score (nSPS) is 10.6. The Balaban J connectivity index is 1.82. The first kappa shape index (κ1) is 20.7. The van der Waals surface area contributed by atoms with E-state index in [1.54, 1.807) is 24.3 Å². The molecule has 4 heteroatoms. The number of aromatic carboxylic acids is 1. The summed E-state index contributed by atoms with van der Waals surface area (Å²) in [6.07, 6.45) is 9.98. The van der Waals surface area contributed by atoms with Gasteiger partial charge in [0.2, 0.25) is 0 Å². The Kier molecular flexibility index (Phi) is 8.56. The molecule has 0 fully saturated rings. The SMILES string of the molecule is CCCCCCCCCc1ccc(OC(=O)c2ccccc2C(=O)O)cc1. The van der Waals surface area contributed by atoms with Crippen LogP contribution in [0.5, 0.6) is 5.75 Å². The fourth-order valence-electron chi connectivity index (χ4n) is 3.02. The van der Waals surface area contributed by atoms with E-state index >= 15 is 0 Å². The first-order valence-electron chi connectivity index (χ1n) is 9.75. The molecule has 2 aromatic rings. The minimum atomic E-state index is -1.15. The fraction of sp³-hybridized carbons (Fsp3) is 0.391. The van der Waals surface area contributed by atoms with E-state index in [0.717, 1.165) is 12.8 Å². The molecule has 0 aromatic heterocycles. The summed E-state index contributed by atoms with van der Waals surface area (Å²) in [6.45, 7) is 2.23. The van der Waals surface area contributed by atoms with Crippen LogP contribution >= 0.6 is 0 Å². The maximum absolute atomic E-state index is 12.3. The maximum atomic E-state index is 12.3. The van der Waals surface area contributed by atoms with Gasteiger partial charge in [-0.25, -0.2) is 9.59 Å². The lowest BCUT2D eigenvalue weighted by Crippen LogP contribution is -2.13. The van der Waals surface area contributed by atoms with Crippen molar-refractivity contribution < 1.29 is 19.4 Å². The smallest absolute Gasteiger partial charge is 0.344 e. The number of carbonyl (C=O) groups is 2. The van der Waals surface area contributed by atoms with E-state index in [4.69, 9.17) is 4.74 Å². The summed E-state index contributed by atoms with van der Waals surface area (Å²) < 4.78 is 5.32. The van der Waals surface area contributed by atoms with Crippen LogP contribution < -0.4 is 4.74 Å². The second-order valence-corrected chi connectivity index (χ2v) is 6.76. The van der Waals surface area contributed by atoms with E-state index in [1.807, 2.05) is 12.1 Å². The minimum absolute atomic E-state index is 0.0529. The van der Waals surface area contributed by atoms with Gasteiger partial charge >= 0.3 is 11.9 Å². The third-order valence-corrected chi connectivity index (χ3v) is 4.58. The molecular weight excluding hydrogens is 340 g/mol. The van der Waals surface area contributed by atoms with Gasteiger partial charge in [-0.3, -0.25) is 0 Å². The number of esters is 1. The highest BCUT2D eigenvalue weighted by atomic mass is 16.5. The van der Waals surface area contributed by atoms with E-state index in [1.165, 1.54) is 56.2 Å². The van der Waals surface area contributed by atoms with E-state index in [9.17, 15) is 14.7 Å². The Morgan fingerprint density at radius 3 is 2.04 bits per heavy atom. The Bertz CT molecular complexity index is 734. The van der Waals surface area contributed by atoms with Crippen molar-refractivity contribution in [2.24, 2.45) is 0 Å². The molecule has 0 aliphatic rings. The van der Waals surface area contributed by atoms with Gasteiger partial charge in [0.25, 0.3) is 0 Å². The number of ether oxygens (including phenoxy) is 1. The van der Waals surface area contributed by atoms with Gasteiger partial charge in [-0.15, -0.1) is 0 Å². The Morgan fingerprint density at radius 1 is 0.815 bits per heavy atom. The third-order valence-electron chi connectivity index (χ3n) is 4.58. The zero-order chi connectivity index (χ0) is 19.5. The van der Waals surface area contributed by atoms with Gasteiger partial charge < -0.3 is 9.84 Å². The molecule has 0 radical (unpaired) electrons. The van der Waals surface area contributed by atoms with Crippen LogP contribution in [-0.4, -0.2) is 17.0 Å². The van der Waals surface area contributed by atoms with Gasteiger partial charge in [-0.1, -0.05) is 69.7 Å². The topological polar surface area (TPSA) is 63.6 Å². The number of hydrogen-bond acceptors (Lipinski definition) is 3. The maximum Gasteiger partial charge on any atom is 0.344 e. The lowest BCUT2D eigenvalue weighted by Gasteiger charge is -2.08. The van der Waals surface area contributed by atoms with Crippen molar-refractivity contribution in [2.45, 2.75) is 58.3 Å². The average molecular weight is 368 g/mol. The van der Waals surface area contributed by atoms with Crippen molar-refractivity contribution in [1.82, 2.24) is 0 Å². The number of unbranched alkanes of at least 4 members (excludes halogenated alkanes) is 6. The summed E-state index contributed by atoms with van der Waals surface area (Å²) in [4.78, 5) is 23.5. The highest BCUT2D eigenvalue weighted by molar-refractivity contribution is 6.03. The van der Waals surface area contributed by atoms with Gasteiger partial charge in [-0.2, -0.15) is 0 Å². The van der Waals surface area contributed by atoms with Gasteiger partial charge in [0, 0.05) is 0 Å². The van der Waals surface area contributed by atoms with Gasteiger partial charge in [-0.05, 0) is 42.7 Å². The average Bonchev–Trinajstić information content (AvgIpc) is 2.68. The summed E-state index contributed by atoms with van der Waals surface area (Å²) in [5.41, 5.74) is 1.21. The summed E-state index contributed by atoms with van der Waals surface area (Å²) in [5.74, 6) is -1.39. The van der Waals surface area contributed by atoms with Crippen LogP contribution in [0.4, 0.5) is 0 Å². The number of benzene rings is 2. The lowest BCUT2D eigenvalue weighted by molar-refractivity contribution is 0.0668. The van der Waals surface area contributed by atoms with Crippen LogP contribution in [0.2, 0.25) is 0 Å². The molecule has 0 atom stereocenters. The van der Waals surface area contributed by atoms with Crippen molar-refractivity contribution in [3.63, 3.8) is 0 Å². The molecule has 4 nitrogen and oxygen atoms in total. The van der Waals surface area contributed by atoms with Gasteiger partial charge in [0.15, 0.2) is 0 Å². The number of carbonyl (C=O) groups excluding carboxylic acids is 1. The first-order valence-corrected chi connectivity index (χ1v) is 9.75. The van der Waals surface area contributed by atoms with Crippen LogP contribution in [-0.2, 0) is 6.42 Å². The molecule has 0 aliphatic heterocycles. The zero-order valence-corrected chi connectivity index (χ0v) is 15.9. The van der Waals surface area contributed by atoms with E-state index in [2.05, 4.69) is 6.92 Å². The van der Waals surface area contributed by atoms with Crippen molar-refractivity contribution in [3.8, 4) is 5.75 Å². The highest BCUT2D eigenvalue weighted by Gasteiger charge is 2.17. The van der Waals surface area contributed by atoms with Crippen LogP contribution in [0.1, 0.15) is 78.1 Å². The molecule has 0 saturated carbocycles. The fourth-order valence-corrected chi connectivity index (χ4v) is 3.02. The summed E-state index contributed by atoms with van der Waals surface area (Å²) >= 11 is 0. The quantitative estimate of drug-likeness (QED) is 0.305. The van der Waals surface area contributed by atoms with Crippen molar-refractivity contribution in [1.29, 1.82) is 0 Å². The van der Waals surface area contributed by atoms with E-state index in [-0.39, 0.29) is 11.1 Å². The molecule has 0 amide bonds. The highest BCUT2D eigenvalue weighted by Crippen LogP contribution is 2.18. The second-order valence-electron chi connectivity index (χ2n) is 6.76. The molecule has 0 saturated heterocycles. The van der Waals surface area contributed by atoms with Crippen molar-refractivity contribution in [3.05, 3.63) is 65.2 Å². The first-order chi connectivity index (χ1) is 13.1. The molecule has 0 unspecified atom stereocenters. The Labute approximate surface area is 161 Å². The van der Waals surface area contributed by atoms with Crippen molar-refractivity contribution >= 4 is 11.9 Å².